The molecule has 0 bridgehead atoms. The van der Waals surface area contributed by atoms with Gasteiger partial charge in [0.1, 0.15) is 11.4 Å². The summed E-state index contributed by atoms with van der Waals surface area (Å²) in [5.41, 5.74) is 3.77. The van der Waals surface area contributed by atoms with Crippen LogP contribution >= 0.6 is 71.2 Å². The minimum atomic E-state index is 0. The summed E-state index contributed by atoms with van der Waals surface area (Å²) in [5.74, 6) is 0. The van der Waals surface area contributed by atoms with Crippen LogP contribution in [0.2, 0.25) is 20.1 Å². The normalized spacial score (nSPS) is 11.5. The van der Waals surface area contributed by atoms with Gasteiger partial charge in [-0.25, -0.2) is 15.0 Å². The Hall–Kier alpha value is -1.33. The molecular weight excluding hydrogens is 507 g/mol. The van der Waals surface area contributed by atoms with Crippen molar-refractivity contribution in [3.05, 3.63) is 86.1 Å². The van der Waals surface area contributed by atoms with Gasteiger partial charge in [-0.1, -0.05) is 64.6 Å². The first-order valence-corrected chi connectivity index (χ1v) is 9.84. The Kier molecular flexibility index (Phi) is 10.6. The first-order valence-electron chi connectivity index (χ1n) is 8.33. The van der Waals surface area contributed by atoms with Crippen LogP contribution in [0.1, 0.15) is 25.2 Å². The zero-order valence-corrected chi connectivity index (χ0v) is 20.5. The van der Waals surface area contributed by atoms with E-state index < -0.39 is 0 Å². The average Bonchev–Trinajstić information content (AvgIpc) is 2.67. The first kappa shape index (κ1) is 26.7. The number of aromatic nitrogens is 1. The largest absolute Gasteiger partial charge is 0.248 e. The van der Waals surface area contributed by atoms with Crippen molar-refractivity contribution >= 4 is 94.0 Å². The van der Waals surface area contributed by atoms with E-state index in [-0.39, 0.29) is 24.8 Å². The molecule has 158 valence electrons. The van der Waals surface area contributed by atoms with Gasteiger partial charge in [0.15, 0.2) is 0 Å². The molecule has 0 atom stereocenters. The van der Waals surface area contributed by atoms with Gasteiger partial charge in [-0.3, -0.25) is 0 Å². The van der Waals surface area contributed by atoms with E-state index in [9.17, 15) is 0 Å². The van der Waals surface area contributed by atoms with Crippen LogP contribution in [0, 0.1) is 0 Å². The number of rotatable bonds is 4. The van der Waals surface area contributed by atoms with Gasteiger partial charge in [-0.15, -0.1) is 24.8 Å². The van der Waals surface area contributed by atoms with Crippen LogP contribution < -0.4 is 0 Å². The summed E-state index contributed by atoms with van der Waals surface area (Å²) in [7, 11) is 0. The lowest BCUT2D eigenvalue weighted by Crippen LogP contribution is -2.05. The van der Waals surface area contributed by atoms with E-state index in [0.717, 1.165) is 0 Å². The maximum atomic E-state index is 6.21. The number of pyridine rings is 1. The van der Waals surface area contributed by atoms with Crippen LogP contribution in [-0.4, -0.2) is 16.4 Å². The highest BCUT2D eigenvalue weighted by Crippen LogP contribution is 2.34. The Balaban J connectivity index is 0.00000225. The Bertz CT molecular complexity index is 973. The fourth-order valence-electron chi connectivity index (χ4n) is 2.48. The Morgan fingerprint density at radius 1 is 0.600 bits per heavy atom. The predicted octanol–water partition coefficient (Wildman–Crippen LogP) is 8.82. The number of benzene rings is 2. The van der Waals surface area contributed by atoms with Crippen LogP contribution in [0.15, 0.2) is 64.6 Å². The second-order valence-corrected chi connectivity index (χ2v) is 7.57. The third-order valence-electron chi connectivity index (χ3n) is 3.92. The first-order chi connectivity index (χ1) is 13.4. The lowest BCUT2D eigenvalue weighted by Gasteiger charge is -2.07. The fraction of sp³-hybridized carbons (Fsp3) is 0.0952. The van der Waals surface area contributed by atoms with E-state index in [2.05, 4.69) is 15.0 Å². The standard InChI is InChI=1S/C21H15Cl4N3.2ClH/c1-12(26-20-14(22)6-3-7-15(20)23)18-10-5-11-19(28-18)13(2)27-21-16(24)8-4-9-17(21)25;;/h3-11H,1-2H3;2*1H. The van der Waals surface area contributed by atoms with Crippen molar-refractivity contribution < 1.29 is 0 Å². The SMILES string of the molecule is CC(=Nc1c(Cl)cccc1Cl)c1cccc(C(C)=Nc2c(Cl)cccc2Cl)n1.Cl.Cl. The van der Waals surface area contributed by atoms with Gasteiger partial charge in [0.2, 0.25) is 0 Å². The molecule has 3 rings (SSSR count). The fourth-order valence-corrected chi connectivity index (χ4v) is 3.44. The summed E-state index contributed by atoms with van der Waals surface area (Å²) in [6.07, 6.45) is 0. The lowest BCUT2D eigenvalue weighted by atomic mass is 10.2. The molecule has 0 spiro atoms. The zero-order chi connectivity index (χ0) is 20.3. The Labute approximate surface area is 208 Å². The minimum absolute atomic E-state index is 0. The monoisotopic (exact) mass is 521 g/mol. The zero-order valence-electron chi connectivity index (χ0n) is 15.9. The third kappa shape index (κ3) is 6.34. The maximum Gasteiger partial charge on any atom is 0.101 e. The molecule has 0 saturated heterocycles. The van der Waals surface area contributed by atoms with Crippen molar-refractivity contribution in [2.45, 2.75) is 13.8 Å². The van der Waals surface area contributed by atoms with Crippen LogP contribution in [0.4, 0.5) is 11.4 Å². The predicted molar refractivity (Wildman–Crippen MR) is 135 cm³/mol. The van der Waals surface area contributed by atoms with Gasteiger partial charge in [0, 0.05) is 0 Å². The van der Waals surface area contributed by atoms with Crippen molar-refractivity contribution in [1.82, 2.24) is 4.98 Å². The molecule has 2 aromatic carbocycles. The van der Waals surface area contributed by atoms with E-state index in [1.807, 2.05) is 32.0 Å². The maximum absolute atomic E-state index is 6.21. The Morgan fingerprint density at radius 3 is 1.23 bits per heavy atom. The number of para-hydroxylation sites is 2. The number of aliphatic imine (C=N–C) groups is 2. The highest BCUT2D eigenvalue weighted by Gasteiger charge is 2.10. The van der Waals surface area contributed by atoms with Crippen molar-refractivity contribution in [2.24, 2.45) is 9.98 Å². The molecule has 0 fully saturated rings. The van der Waals surface area contributed by atoms with Gasteiger partial charge in [0.05, 0.1) is 42.9 Å². The number of hydrogen-bond donors (Lipinski definition) is 0. The summed E-state index contributed by atoms with van der Waals surface area (Å²) in [4.78, 5) is 13.7. The molecule has 30 heavy (non-hydrogen) atoms. The third-order valence-corrected chi connectivity index (χ3v) is 5.14. The summed E-state index contributed by atoms with van der Waals surface area (Å²) in [5, 5.41) is 1.92. The van der Waals surface area contributed by atoms with Crippen LogP contribution in [0.25, 0.3) is 0 Å². The van der Waals surface area contributed by atoms with Crippen molar-refractivity contribution in [3.8, 4) is 0 Å². The molecule has 0 radical (unpaired) electrons. The molecule has 3 aromatic rings. The van der Waals surface area contributed by atoms with Crippen LogP contribution in [0.5, 0.6) is 0 Å². The second kappa shape index (κ2) is 11.9. The molecule has 3 nitrogen and oxygen atoms in total. The number of hydrogen-bond acceptors (Lipinski definition) is 3. The second-order valence-electron chi connectivity index (χ2n) is 5.94. The highest BCUT2D eigenvalue weighted by molar-refractivity contribution is 6.39. The van der Waals surface area contributed by atoms with E-state index >= 15 is 0 Å². The summed E-state index contributed by atoms with van der Waals surface area (Å²) < 4.78 is 0. The van der Waals surface area contributed by atoms with Gasteiger partial charge < -0.3 is 0 Å². The molecule has 9 heteroatoms. The van der Waals surface area contributed by atoms with Crippen molar-refractivity contribution in [1.29, 1.82) is 0 Å². The summed E-state index contributed by atoms with van der Waals surface area (Å²) in [6, 6.07) is 16.1. The molecular formula is C21H17Cl6N3. The topological polar surface area (TPSA) is 37.6 Å². The minimum Gasteiger partial charge on any atom is -0.248 e. The van der Waals surface area contributed by atoms with Crippen LogP contribution in [0.3, 0.4) is 0 Å². The lowest BCUT2D eigenvalue weighted by molar-refractivity contribution is 1.24. The molecule has 0 unspecified atom stereocenters. The van der Waals surface area contributed by atoms with E-state index in [1.165, 1.54) is 0 Å². The Morgan fingerprint density at radius 2 is 0.900 bits per heavy atom. The van der Waals surface area contributed by atoms with E-state index in [4.69, 9.17) is 46.4 Å². The highest BCUT2D eigenvalue weighted by atomic mass is 35.5. The molecule has 1 aromatic heterocycles. The number of nitrogens with zero attached hydrogens (tertiary/aromatic N) is 3. The number of halogens is 6. The van der Waals surface area contributed by atoms with Gasteiger partial charge in [-0.2, -0.15) is 0 Å². The van der Waals surface area contributed by atoms with Crippen molar-refractivity contribution in [2.75, 3.05) is 0 Å². The van der Waals surface area contributed by atoms with E-state index in [0.29, 0.717) is 54.3 Å². The quantitative estimate of drug-likeness (QED) is 0.315. The van der Waals surface area contributed by atoms with Gasteiger partial charge >= 0.3 is 0 Å². The molecule has 0 aliphatic heterocycles. The molecule has 0 aliphatic rings. The van der Waals surface area contributed by atoms with Gasteiger partial charge in [0.25, 0.3) is 0 Å². The summed E-state index contributed by atoms with van der Waals surface area (Å²) >= 11 is 24.8. The average molecular weight is 524 g/mol. The smallest absolute Gasteiger partial charge is 0.101 e. The molecule has 1 heterocycles. The van der Waals surface area contributed by atoms with Crippen LogP contribution in [-0.2, 0) is 0 Å². The molecule has 0 amide bonds. The van der Waals surface area contributed by atoms with E-state index in [1.54, 1.807) is 36.4 Å². The van der Waals surface area contributed by atoms with Crippen molar-refractivity contribution in [3.63, 3.8) is 0 Å². The molecule has 0 aliphatic carbocycles. The molecule has 0 saturated carbocycles. The summed E-state index contributed by atoms with van der Waals surface area (Å²) in [6.45, 7) is 3.70. The molecule has 0 N–H and O–H groups in total. The van der Waals surface area contributed by atoms with Gasteiger partial charge in [-0.05, 0) is 50.2 Å².